The summed E-state index contributed by atoms with van der Waals surface area (Å²) in [6, 6.07) is 8.60. The van der Waals surface area contributed by atoms with Crippen molar-refractivity contribution in [2.24, 2.45) is 0 Å². The number of carbonyl (C=O) groups is 2. The molecule has 0 spiro atoms. The highest BCUT2D eigenvalue weighted by Crippen LogP contribution is 2.21. The molecule has 1 aromatic rings. The Morgan fingerprint density at radius 2 is 2.10 bits per heavy atom. The molecule has 0 aliphatic carbocycles. The highest BCUT2D eigenvalue weighted by Gasteiger charge is 2.32. The van der Waals surface area contributed by atoms with Crippen LogP contribution in [0.5, 0.6) is 0 Å². The van der Waals surface area contributed by atoms with Gasteiger partial charge in [0.1, 0.15) is 6.04 Å². The Kier molecular flexibility index (Phi) is 4.41. The summed E-state index contributed by atoms with van der Waals surface area (Å²) in [7, 11) is 0. The molecule has 1 heterocycles. The number of terminal acetylenes is 1. The van der Waals surface area contributed by atoms with Gasteiger partial charge in [0.2, 0.25) is 11.8 Å². The molecule has 1 aliphatic heterocycles. The van der Waals surface area contributed by atoms with Crippen molar-refractivity contribution in [1.82, 2.24) is 10.2 Å². The number of hydrogen-bond donors (Lipinski definition) is 1. The van der Waals surface area contributed by atoms with E-state index in [9.17, 15) is 9.59 Å². The summed E-state index contributed by atoms with van der Waals surface area (Å²) in [4.78, 5) is 26.2. The molecule has 2 rings (SSSR count). The molecule has 1 aromatic carbocycles. The SMILES string of the molecule is C#CCC(C)N1CCC(=O)NC(c2ccccc2)C1=O. The van der Waals surface area contributed by atoms with Crippen LogP contribution in [0, 0.1) is 12.3 Å². The van der Waals surface area contributed by atoms with Crippen LogP contribution in [0.1, 0.15) is 31.4 Å². The van der Waals surface area contributed by atoms with Crippen LogP contribution < -0.4 is 5.32 Å². The zero-order chi connectivity index (χ0) is 14.5. The minimum atomic E-state index is -0.619. The number of hydrogen-bond acceptors (Lipinski definition) is 2. The van der Waals surface area contributed by atoms with E-state index in [1.807, 2.05) is 37.3 Å². The van der Waals surface area contributed by atoms with Gasteiger partial charge in [-0.3, -0.25) is 9.59 Å². The summed E-state index contributed by atoms with van der Waals surface area (Å²) in [6.45, 7) is 2.33. The molecule has 20 heavy (non-hydrogen) atoms. The lowest BCUT2D eigenvalue weighted by atomic mass is 10.0. The van der Waals surface area contributed by atoms with E-state index >= 15 is 0 Å². The second kappa shape index (κ2) is 6.25. The van der Waals surface area contributed by atoms with Crippen LogP contribution in [0.4, 0.5) is 0 Å². The molecule has 1 saturated heterocycles. The third-order valence-electron chi connectivity index (χ3n) is 3.49. The minimum absolute atomic E-state index is 0.0635. The van der Waals surface area contributed by atoms with Crippen molar-refractivity contribution in [3.63, 3.8) is 0 Å². The van der Waals surface area contributed by atoms with Gasteiger partial charge >= 0.3 is 0 Å². The lowest BCUT2D eigenvalue weighted by Crippen LogP contribution is -2.43. The maximum Gasteiger partial charge on any atom is 0.250 e. The zero-order valence-corrected chi connectivity index (χ0v) is 11.5. The normalized spacial score (nSPS) is 20.8. The maximum absolute atomic E-state index is 12.7. The van der Waals surface area contributed by atoms with Crippen molar-refractivity contribution in [3.05, 3.63) is 35.9 Å². The fourth-order valence-electron chi connectivity index (χ4n) is 2.38. The fraction of sp³-hybridized carbons (Fsp3) is 0.375. The van der Waals surface area contributed by atoms with E-state index in [-0.39, 0.29) is 17.9 Å². The average molecular weight is 270 g/mol. The number of amides is 2. The quantitative estimate of drug-likeness (QED) is 0.846. The molecule has 1 fully saturated rings. The molecule has 1 aliphatic rings. The Hall–Kier alpha value is -2.28. The van der Waals surface area contributed by atoms with Gasteiger partial charge in [0, 0.05) is 25.4 Å². The predicted molar refractivity (Wildman–Crippen MR) is 76.6 cm³/mol. The van der Waals surface area contributed by atoms with Crippen molar-refractivity contribution < 1.29 is 9.59 Å². The Morgan fingerprint density at radius 3 is 2.75 bits per heavy atom. The van der Waals surface area contributed by atoms with Gasteiger partial charge in [-0.1, -0.05) is 30.3 Å². The van der Waals surface area contributed by atoms with Crippen LogP contribution in [-0.4, -0.2) is 29.3 Å². The Morgan fingerprint density at radius 1 is 1.40 bits per heavy atom. The third-order valence-corrected chi connectivity index (χ3v) is 3.49. The van der Waals surface area contributed by atoms with E-state index in [2.05, 4.69) is 11.2 Å². The molecule has 0 saturated carbocycles. The Labute approximate surface area is 119 Å². The molecular formula is C16H18N2O2. The van der Waals surface area contributed by atoms with E-state index in [4.69, 9.17) is 6.42 Å². The predicted octanol–water partition coefficient (Wildman–Crippen LogP) is 1.49. The number of carbonyl (C=O) groups excluding carboxylic acids is 2. The fourth-order valence-corrected chi connectivity index (χ4v) is 2.38. The largest absolute Gasteiger partial charge is 0.340 e. The first-order valence-electron chi connectivity index (χ1n) is 6.71. The van der Waals surface area contributed by atoms with Crippen molar-refractivity contribution in [3.8, 4) is 12.3 Å². The lowest BCUT2D eigenvalue weighted by Gasteiger charge is -2.29. The van der Waals surface area contributed by atoms with Gasteiger partial charge in [0.25, 0.3) is 0 Å². The van der Waals surface area contributed by atoms with Gasteiger partial charge in [-0.15, -0.1) is 12.3 Å². The van der Waals surface area contributed by atoms with Crippen molar-refractivity contribution in [2.45, 2.75) is 31.8 Å². The number of benzene rings is 1. The monoisotopic (exact) mass is 270 g/mol. The first-order chi connectivity index (χ1) is 9.63. The Balaban J connectivity index is 2.28. The second-order valence-corrected chi connectivity index (χ2v) is 4.95. The molecule has 4 nitrogen and oxygen atoms in total. The maximum atomic E-state index is 12.7. The first kappa shape index (κ1) is 14.1. The van der Waals surface area contributed by atoms with Crippen molar-refractivity contribution in [1.29, 1.82) is 0 Å². The molecule has 2 atom stereocenters. The summed E-state index contributed by atoms with van der Waals surface area (Å²) in [5, 5.41) is 2.79. The van der Waals surface area contributed by atoms with Gasteiger partial charge < -0.3 is 10.2 Å². The topological polar surface area (TPSA) is 49.4 Å². The number of nitrogens with one attached hydrogen (secondary N) is 1. The van der Waals surface area contributed by atoms with Gasteiger partial charge in [0.15, 0.2) is 0 Å². The van der Waals surface area contributed by atoms with Crippen LogP contribution >= 0.6 is 0 Å². The van der Waals surface area contributed by atoms with Gasteiger partial charge in [-0.25, -0.2) is 0 Å². The van der Waals surface area contributed by atoms with Gasteiger partial charge in [0.05, 0.1) is 0 Å². The van der Waals surface area contributed by atoms with E-state index in [1.165, 1.54) is 0 Å². The second-order valence-electron chi connectivity index (χ2n) is 4.95. The van der Waals surface area contributed by atoms with Crippen LogP contribution in [0.25, 0.3) is 0 Å². The average Bonchev–Trinajstić information content (AvgIpc) is 2.60. The molecular weight excluding hydrogens is 252 g/mol. The molecule has 104 valence electrons. The van der Waals surface area contributed by atoms with Crippen LogP contribution in [-0.2, 0) is 9.59 Å². The summed E-state index contributed by atoms with van der Waals surface area (Å²) in [5.74, 6) is 2.37. The van der Waals surface area contributed by atoms with E-state index in [1.54, 1.807) is 4.90 Å². The van der Waals surface area contributed by atoms with E-state index < -0.39 is 6.04 Å². The molecule has 0 bridgehead atoms. The van der Waals surface area contributed by atoms with Crippen LogP contribution in [0.2, 0.25) is 0 Å². The molecule has 2 amide bonds. The lowest BCUT2D eigenvalue weighted by molar-refractivity contribution is -0.135. The highest BCUT2D eigenvalue weighted by molar-refractivity contribution is 5.91. The minimum Gasteiger partial charge on any atom is -0.340 e. The molecule has 0 radical (unpaired) electrons. The van der Waals surface area contributed by atoms with Crippen LogP contribution in [0.3, 0.4) is 0 Å². The molecule has 1 N–H and O–H groups in total. The van der Waals surface area contributed by atoms with Crippen molar-refractivity contribution in [2.75, 3.05) is 6.54 Å². The third kappa shape index (κ3) is 3.00. The first-order valence-corrected chi connectivity index (χ1v) is 6.71. The number of rotatable bonds is 3. The van der Waals surface area contributed by atoms with E-state index in [0.29, 0.717) is 19.4 Å². The molecule has 4 heteroatoms. The standard InChI is InChI=1S/C16H18N2O2/c1-3-7-12(2)18-11-10-14(19)17-15(16(18)20)13-8-5-4-6-9-13/h1,4-6,8-9,12,15H,7,10-11H2,2H3,(H,17,19). The van der Waals surface area contributed by atoms with Crippen LogP contribution in [0.15, 0.2) is 30.3 Å². The van der Waals surface area contributed by atoms with E-state index in [0.717, 1.165) is 5.56 Å². The number of nitrogens with zero attached hydrogens (tertiary/aromatic N) is 1. The van der Waals surface area contributed by atoms with Gasteiger partial charge in [-0.2, -0.15) is 0 Å². The van der Waals surface area contributed by atoms with Gasteiger partial charge in [-0.05, 0) is 12.5 Å². The summed E-state index contributed by atoms with van der Waals surface area (Å²) < 4.78 is 0. The zero-order valence-electron chi connectivity index (χ0n) is 11.5. The molecule has 0 aromatic heterocycles. The summed E-state index contributed by atoms with van der Waals surface area (Å²) >= 11 is 0. The van der Waals surface area contributed by atoms with Crippen molar-refractivity contribution >= 4 is 11.8 Å². The smallest absolute Gasteiger partial charge is 0.250 e. The Bertz CT molecular complexity index is 533. The molecule has 2 unspecified atom stereocenters. The summed E-state index contributed by atoms with van der Waals surface area (Å²) in [6.07, 6.45) is 6.12. The summed E-state index contributed by atoms with van der Waals surface area (Å²) in [5.41, 5.74) is 0.797. The highest BCUT2D eigenvalue weighted by atomic mass is 16.2.